The Labute approximate surface area is 186 Å². The van der Waals surface area contributed by atoms with E-state index in [2.05, 4.69) is 65.2 Å². The van der Waals surface area contributed by atoms with E-state index < -0.39 is 0 Å². The monoisotopic (exact) mass is 429 g/mol. The number of nitrogens with one attached hydrogen (secondary N) is 1. The summed E-state index contributed by atoms with van der Waals surface area (Å²) in [4.78, 5) is 6.80. The van der Waals surface area contributed by atoms with Crippen molar-refractivity contribution in [3.05, 3.63) is 35.9 Å². The Balaban J connectivity index is 1.97. The van der Waals surface area contributed by atoms with Crippen LogP contribution >= 0.6 is 12.2 Å². The molecule has 7 heteroatoms. The normalized spacial score (nSPS) is 16.7. The van der Waals surface area contributed by atoms with Crippen molar-refractivity contribution in [1.82, 2.24) is 20.3 Å². The molecule has 1 unspecified atom stereocenters. The van der Waals surface area contributed by atoms with Gasteiger partial charge in [-0.15, -0.1) is 0 Å². The predicted molar refractivity (Wildman–Crippen MR) is 128 cm³/mol. The first-order valence-electron chi connectivity index (χ1n) is 11.0. The van der Waals surface area contributed by atoms with E-state index >= 15 is 0 Å². The van der Waals surface area contributed by atoms with Gasteiger partial charge in [0.2, 0.25) is 5.88 Å². The Bertz CT molecular complexity index is 807. The number of benzene rings is 1. The molecule has 1 atom stereocenters. The van der Waals surface area contributed by atoms with Gasteiger partial charge in [0, 0.05) is 37.8 Å². The van der Waals surface area contributed by atoms with Gasteiger partial charge in [0.25, 0.3) is 0 Å². The fraction of sp³-hybridized carbons (Fsp3) is 0.565. The molecule has 0 spiro atoms. The molecule has 2 aromatic rings. The second-order valence-corrected chi connectivity index (χ2v) is 8.67. The van der Waals surface area contributed by atoms with E-state index in [1.807, 2.05) is 18.2 Å². The number of likely N-dealkylation sites (N-methyl/N-ethyl adjacent to an activating group) is 1. The quantitative estimate of drug-likeness (QED) is 0.637. The maximum absolute atomic E-state index is 6.00. The summed E-state index contributed by atoms with van der Waals surface area (Å²) < 4.78 is 6.00. The summed E-state index contributed by atoms with van der Waals surface area (Å²) in [5.41, 5.74) is 3.11. The molecule has 6 nitrogen and oxygen atoms in total. The molecular weight excluding hydrogens is 394 g/mol. The molecule has 1 fully saturated rings. The van der Waals surface area contributed by atoms with Crippen LogP contribution in [0.5, 0.6) is 0 Å². The van der Waals surface area contributed by atoms with E-state index in [0.29, 0.717) is 12.6 Å². The molecule has 164 valence electrons. The molecule has 0 aliphatic carbocycles. The Morgan fingerprint density at radius 1 is 1.23 bits per heavy atom. The molecule has 3 rings (SSSR count). The van der Waals surface area contributed by atoms with Crippen LogP contribution in [-0.2, 0) is 6.54 Å². The number of thiocarbonyl (C=S) groups is 1. The van der Waals surface area contributed by atoms with Crippen LogP contribution in [0.15, 0.2) is 34.9 Å². The van der Waals surface area contributed by atoms with Crippen LogP contribution < -0.4 is 10.2 Å². The number of aromatic nitrogens is 1. The van der Waals surface area contributed by atoms with Crippen molar-refractivity contribution in [1.29, 1.82) is 0 Å². The highest BCUT2D eigenvalue weighted by molar-refractivity contribution is 7.80. The topological polar surface area (TPSA) is 47.8 Å². The Hall–Kier alpha value is -2.12. The van der Waals surface area contributed by atoms with E-state index in [4.69, 9.17) is 16.7 Å². The lowest BCUT2D eigenvalue weighted by Gasteiger charge is -2.34. The molecule has 1 aliphatic rings. The highest BCUT2D eigenvalue weighted by Gasteiger charge is 2.29. The smallest absolute Gasteiger partial charge is 0.233 e. The molecule has 1 aliphatic heterocycles. The van der Waals surface area contributed by atoms with Crippen LogP contribution in [0.25, 0.3) is 11.3 Å². The number of piperidine rings is 1. The molecule has 1 N–H and O–H groups in total. The van der Waals surface area contributed by atoms with Gasteiger partial charge < -0.3 is 24.5 Å². The summed E-state index contributed by atoms with van der Waals surface area (Å²) in [5.74, 6) is 0.898. The SMILES string of the molecule is CCNC(=S)N(CCN(C)C)Cc1c(-c2ccccc2)noc1N1CCCCC1C. The maximum Gasteiger partial charge on any atom is 0.233 e. The van der Waals surface area contributed by atoms with Crippen molar-refractivity contribution >= 4 is 23.2 Å². The average molecular weight is 430 g/mol. The van der Waals surface area contributed by atoms with E-state index in [9.17, 15) is 0 Å². The Morgan fingerprint density at radius 2 is 2.00 bits per heavy atom. The minimum Gasteiger partial charge on any atom is -0.363 e. The van der Waals surface area contributed by atoms with Crippen molar-refractivity contribution in [2.24, 2.45) is 0 Å². The van der Waals surface area contributed by atoms with Crippen LogP contribution in [0.4, 0.5) is 5.88 Å². The minimum absolute atomic E-state index is 0.449. The summed E-state index contributed by atoms with van der Waals surface area (Å²) in [7, 11) is 4.17. The molecule has 0 saturated carbocycles. The first kappa shape index (κ1) is 22.6. The third-order valence-electron chi connectivity index (χ3n) is 5.66. The van der Waals surface area contributed by atoms with Crippen molar-refractivity contribution in [3.63, 3.8) is 0 Å². The number of rotatable bonds is 8. The van der Waals surface area contributed by atoms with Gasteiger partial charge in [-0.3, -0.25) is 0 Å². The van der Waals surface area contributed by atoms with Crippen molar-refractivity contribution < 1.29 is 4.52 Å². The van der Waals surface area contributed by atoms with Gasteiger partial charge in [0.15, 0.2) is 5.11 Å². The summed E-state index contributed by atoms with van der Waals surface area (Å²) in [6.07, 6.45) is 3.64. The molecule has 1 saturated heterocycles. The van der Waals surface area contributed by atoms with Gasteiger partial charge in [-0.2, -0.15) is 0 Å². The van der Waals surface area contributed by atoms with Crippen LogP contribution in [0.2, 0.25) is 0 Å². The highest BCUT2D eigenvalue weighted by atomic mass is 32.1. The minimum atomic E-state index is 0.449. The van der Waals surface area contributed by atoms with Crippen molar-refractivity contribution in [2.45, 2.75) is 45.7 Å². The van der Waals surface area contributed by atoms with Crippen molar-refractivity contribution in [3.8, 4) is 11.3 Å². The van der Waals surface area contributed by atoms with Crippen LogP contribution in [0.1, 0.15) is 38.7 Å². The van der Waals surface area contributed by atoms with E-state index in [-0.39, 0.29) is 0 Å². The average Bonchev–Trinajstić information content (AvgIpc) is 3.15. The second-order valence-electron chi connectivity index (χ2n) is 8.28. The molecule has 0 radical (unpaired) electrons. The molecule has 1 aromatic heterocycles. The molecule has 2 heterocycles. The molecule has 30 heavy (non-hydrogen) atoms. The van der Waals surface area contributed by atoms with Crippen LogP contribution in [0, 0.1) is 0 Å². The standard InChI is InChI=1S/C23H35N5OS/c1-5-24-23(30)27(16-15-26(3)4)17-20-21(19-12-7-6-8-13-19)25-29-22(20)28-14-10-9-11-18(28)2/h6-8,12-13,18H,5,9-11,14-17H2,1-4H3,(H,24,30). The highest BCUT2D eigenvalue weighted by Crippen LogP contribution is 2.35. The van der Waals surface area contributed by atoms with Crippen LogP contribution in [0.3, 0.4) is 0 Å². The van der Waals surface area contributed by atoms with E-state index in [1.165, 1.54) is 19.3 Å². The molecule has 0 amide bonds. The van der Waals surface area contributed by atoms with Gasteiger partial charge >= 0.3 is 0 Å². The fourth-order valence-corrected chi connectivity index (χ4v) is 4.22. The fourth-order valence-electron chi connectivity index (χ4n) is 3.92. The van der Waals surface area contributed by atoms with Gasteiger partial charge in [0.05, 0.1) is 12.1 Å². The Morgan fingerprint density at radius 3 is 2.67 bits per heavy atom. The third-order valence-corrected chi connectivity index (χ3v) is 6.06. The first-order chi connectivity index (χ1) is 14.5. The van der Waals surface area contributed by atoms with Gasteiger partial charge in [0.1, 0.15) is 5.69 Å². The zero-order valence-corrected chi connectivity index (χ0v) is 19.5. The summed E-state index contributed by atoms with van der Waals surface area (Å²) in [6.45, 7) is 8.61. The lowest BCUT2D eigenvalue weighted by Crippen LogP contribution is -2.43. The van der Waals surface area contributed by atoms with E-state index in [0.717, 1.165) is 54.0 Å². The largest absolute Gasteiger partial charge is 0.363 e. The number of anilines is 1. The second kappa shape index (κ2) is 10.8. The molecule has 1 aromatic carbocycles. The summed E-state index contributed by atoms with van der Waals surface area (Å²) in [6, 6.07) is 10.8. The number of hydrogen-bond acceptors (Lipinski definition) is 5. The molecule has 0 bridgehead atoms. The van der Waals surface area contributed by atoms with E-state index in [1.54, 1.807) is 0 Å². The van der Waals surface area contributed by atoms with Crippen molar-refractivity contribution in [2.75, 3.05) is 45.2 Å². The third kappa shape index (κ3) is 5.52. The number of nitrogens with zero attached hydrogens (tertiary/aromatic N) is 4. The summed E-state index contributed by atoms with van der Waals surface area (Å²) in [5, 5.41) is 8.63. The first-order valence-corrected chi connectivity index (χ1v) is 11.4. The van der Waals surface area contributed by atoms with Gasteiger partial charge in [-0.25, -0.2) is 0 Å². The number of hydrogen-bond donors (Lipinski definition) is 1. The molecular formula is C23H35N5OS. The van der Waals surface area contributed by atoms with Crippen LogP contribution in [-0.4, -0.2) is 66.4 Å². The predicted octanol–water partition coefficient (Wildman–Crippen LogP) is 3.98. The van der Waals surface area contributed by atoms with Gasteiger partial charge in [-0.05, 0) is 59.4 Å². The van der Waals surface area contributed by atoms with Gasteiger partial charge in [-0.1, -0.05) is 35.5 Å². The summed E-state index contributed by atoms with van der Waals surface area (Å²) >= 11 is 5.71. The lowest BCUT2D eigenvalue weighted by molar-refractivity contribution is 0.321. The maximum atomic E-state index is 6.00. The zero-order valence-electron chi connectivity index (χ0n) is 18.7. The Kier molecular flexibility index (Phi) is 8.10. The lowest BCUT2D eigenvalue weighted by atomic mass is 10.0. The zero-order chi connectivity index (χ0) is 21.5.